The lowest BCUT2D eigenvalue weighted by atomic mass is 9.90. The summed E-state index contributed by atoms with van der Waals surface area (Å²) in [6, 6.07) is 11.8. The largest absolute Gasteiger partial charge is 0.504 e. The molecule has 0 fully saturated rings. The molecule has 0 spiro atoms. The molecule has 2 heterocycles. The number of hydrogen-bond donors (Lipinski definition) is 4. The Morgan fingerprint density at radius 3 is 2.76 bits per heavy atom. The Bertz CT molecular complexity index is 963. The monoisotopic (exact) mass is 338 g/mol. The molecule has 4 N–H and O–H groups in total. The van der Waals surface area contributed by atoms with Crippen LogP contribution < -0.4 is 10.1 Å². The zero-order valence-electron chi connectivity index (χ0n) is 13.6. The first-order valence-electron chi connectivity index (χ1n) is 8.04. The van der Waals surface area contributed by atoms with Gasteiger partial charge in [-0.15, -0.1) is 0 Å². The second-order valence-corrected chi connectivity index (χ2v) is 6.16. The van der Waals surface area contributed by atoms with E-state index in [0.717, 1.165) is 22.2 Å². The van der Waals surface area contributed by atoms with E-state index in [1.54, 1.807) is 18.2 Å². The van der Waals surface area contributed by atoms with Gasteiger partial charge in [-0.05, 0) is 17.7 Å². The van der Waals surface area contributed by atoms with E-state index in [0.29, 0.717) is 17.7 Å². The van der Waals surface area contributed by atoms with Gasteiger partial charge in [-0.1, -0.05) is 30.3 Å². The van der Waals surface area contributed by atoms with Crippen LogP contribution in [0.3, 0.4) is 0 Å². The van der Waals surface area contributed by atoms with Gasteiger partial charge in [0, 0.05) is 28.6 Å². The number of aliphatic carboxylic acids is 1. The number of fused-ring (bicyclic) bond motifs is 3. The third kappa shape index (κ3) is 2.42. The Hall–Kier alpha value is -2.99. The third-order valence-electron chi connectivity index (χ3n) is 4.77. The molecule has 1 aliphatic heterocycles. The second kappa shape index (κ2) is 5.82. The quantitative estimate of drug-likeness (QED) is 0.589. The van der Waals surface area contributed by atoms with Crippen molar-refractivity contribution in [2.45, 2.75) is 18.5 Å². The van der Waals surface area contributed by atoms with Gasteiger partial charge in [0.15, 0.2) is 11.5 Å². The molecular weight excluding hydrogens is 320 g/mol. The van der Waals surface area contributed by atoms with Crippen LogP contribution in [0, 0.1) is 0 Å². The minimum Gasteiger partial charge on any atom is -0.504 e. The lowest BCUT2D eigenvalue weighted by Gasteiger charge is -2.30. The Labute approximate surface area is 144 Å². The number of carboxylic acids is 1. The Morgan fingerprint density at radius 2 is 2.00 bits per heavy atom. The van der Waals surface area contributed by atoms with Crippen molar-refractivity contribution in [1.82, 2.24) is 10.3 Å². The summed E-state index contributed by atoms with van der Waals surface area (Å²) in [6.45, 7) is 0. The number of phenols is 1. The number of H-pyrrole nitrogens is 1. The topological polar surface area (TPSA) is 94.6 Å². The standard InChI is InChI=1S/C19H18N2O4/c1-25-15-8-4-6-11(18(15)22)16-17-12(9-14(21-16)19(23)24)10-5-2-3-7-13(10)20-17/h2-8,14,16,20-22H,9H2,1H3,(H,23,24)/t14-,16-/m1/s1. The highest BCUT2D eigenvalue weighted by Crippen LogP contribution is 2.41. The first-order chi connectivity index (χ1) is 12.1. The summed E-state index contributed by atoms with van der Waals surface area (Å²) < 4.78 is 5.19. The third-order valence-corrected chi connectivity index (χ3v) is 4.77. The second-order valence-electron chi connectivity index (χ2n) is 6.16. The van der Waals surface area contributed by atoms with Gasteiger partial charge in [0.1, 0.15) is 6.04 Å². The van der Waals surface area contributed by atoms with Crippen LogP contribution in [-0.4, -0.2) is 34.3 Å². The number of carboxylic acid groups (broad SMARTS) is 1. The van der Waals surface area contributed by atoms with Crippen molar-refractivity contribution < 1.29 is 19.7 Å². The molecule has 2 aromatic carbocycles. The summed E-state index contributed by atoms with van der Waals surface area (Å²) >= 11 is 0. The number of aromatic hydroxyl groups is 1. The summed E-state index contributed by atoms with van der Waals surface area (Å²) in [7, 11) is 1.49. The normalized spacial score (nSPS) is 19.6. The number of benzene rings is 2. The lowest BCUT2D eigenvalue weighted by Crippen LogP contribution is -2.45. The summed E-state index contributed by atoms with van der Waals surface area (Å²) in [6.07, 6.45) is 0.385. The van der Waals surface area contributed by atoms with E-state index in [9.17, 15) is 15.0 Å². The Balaban J connectivity index is 1.92. The van der Waals surface area contributed by atoms with Crippen LogP contribution in [0.25, 0.3) is 10.9 Å². The van der Waals surface area contributed by atoms with Crippen molar-refractivity contribution in [3.05, 3.63) is 59.3 Å². The van der Waals surface area contributed by atoms with E-state index in [1.165, 1.54) is 7.11 Å². The summed E-state index contributed by atoms with van der Waals surface area (Å²) in [4.78, 5) is 15.0. The van der Waals surface area contributed by atoms with Gasteiger partial charge in [-0.2, -0.15) is 0 Å². The van der Waals surface area contributed by atoms with Gasteiger partial charge in [-0.3, -0.25) is 10.1 Å². The maximum absolute atomic E-state index is 11.6. The number of aromatic nitrogens is 1. The fraction of sp³-hybridized carbons (Fsp3) is 0.211. The van der Waals surface area contributed by atoms with Gasteiger partial charge in [0.2, 0.25) is 0 Å². The number of nitrogens with one attached hydrogen (secondary N) is 2. The van der Waals surface area contributed by atoms with Crippen molar-refractivity contribution >= 4 is 16.9 Å². The van der Waals surface area contributed by atoms with E-state index in [1.807, 2.05) is 24.3 Å². The van der Waals surface area contributed by atoms with Crippen molar-refractivity contribution in [1.29, 1.82) is 0 Å². The van der Waals surface area contributed by atoms with E-state index < -0.39 is 18.1 Å². The molecule has 0 unspecified atom stereocenters. The predicted molar refractivity (Wildman–Crippen MR) is 93.1 cm³/mol. The van der Waals surface area contributed by atoms with Crippen LogP contribution in [-0.2, 0) is 11.2 Å². The molecule has 6 nitrogen and oxygen atoms in total. The summed E-state index contributed by atoms with van der Waals surface area (Å²) in [5, 5.41) is 24.2. The average Bonchev–Trinajstić information content (AvgIpc) is 3.00. The van der Waals surface area contributed by atoms with E-state index in [-0.39, 0.29) is 5.75 Å². The minimum atomic E-state index is -0.914. The summed E-state index contributed by atoms with van der Waals surface area (Å²) in [5.74, 6) is -0.545. The van der Waals surface area contributed by atoms with Crippen LogP contribution in [0.5, 0.6) is 11.5 Å². The van der Waals surface area contributed by atoms with E-state index in [4.69, 9.17) is 4.74 Å². The number of aromatic amines is 1. The fourth-order valence-corrected chi connectivity index (χ4v) is 3.58. The van der Waals surface area contributed by atoms with Crippen LogP contribution in [0.1, 0.15) is 22.9 Å². The smallest absolute Gasteiger partial charge is 0.321 e. The minimum absolute atomic E-state index is 0.0122. The number of rotatable bonds is 3. The predicted octanol–water partition coefficient (Wildman–Crippen LogP) is 2.57. The van der Waals surface area contributed by atoms with Gasteiger partial charge in [0.25, 0.3) is 0 Å². The molecule has 0 radical (unpaired) electrons. The first-order valence-corrected chi connectivity index (χ1v) is 8.04. The van der Waals surface area contributed by atoms with Crippen LogP contribution >= 0.6 is 0 Å². The molecule has 3 aromatic rings. The van der Waals surface area contributed by atoms with Crippen molar-refractivity contribution in [2.24, 2.45) is 0 Å². The highest BCUT2D eigenvalue weighted by Gasteiger charge is 2.35. The molecule has 0 saturated carbocycles. The average molecular weight is 338 g/mol. The number of methoxy groups -OCH3 is 1. The highest BCUT2D eigenvalue weighted by molar-refractivity contribution is 5.87. The molecule has 0 aliphatic carbocycles. The van der Waals surface area contributed by atoms with E-state index in [2.05, 4.69) is 10.3 Å². The van der Waals surface area contributed by atoms with Gasteiger partial charge >= 0.3 is 5.97 Å². The van der Waals surface area contributed by atoms with Crippen LogP contribution in [0.15, 0.2) is 42.5 Å². The van der Waals surface area contributed by atoms with Crippen LogP contribution in [0.4, 0.5) is 0 Å². The molecule has 25 heavy (non-hydrogen) atoms. The number of para-hydroxylation sites is 2. The molecule has 128 valence electrons. The molecule has 0 bridgehead atoms. The SMILES string of the molecule is COc1cccc([C@H]2N[C@@H](C(=O)O)Cc3c2[nH]c2ccccc32)c1O. The van der Waals surface area contributed by atoms with Crippen molar-refractivity contribution in [3.8, 4) is 11.5 Å². The number of phenolic OH excluding ortho intramolecular Hbond substituents is 1. The summed E-state index contributed by atoms with van der Waals surface area (Å²) in [5.41, 5.74) is 3.38. The highest BCUT2D eigenvalue weighted by atomic mass is 16.5. The maximum atomic E-state index is 11.6. The molecule has 0 amide bonds. The van der Waals surface area contributed by atoms with Gasteiger partial charge in [0.05, 0.1) is 13.2 Å². The van der Waals surface area contributed by atoms with Crippen LogP contribution in [0.2, 0.25) is 0 Å². The van der Waals surface area contributed by atoms with Gasteiger partial charge in [-0.25, -0.2) is 0 Å². The zero-order chi connectivity index (χ0) is 17.6. The molecule has 1 aliphatic rings. The zero-order valence-corrected chi connectivity index (χ0v) is 13.6. The maximum Gasteiger partial charge on any atom is 0.321 e. The first kappa shape index (κ1) is 15.5. The Morgan fingerprint density at radius 1 is 1.20 bits per heavy atom. The van der Waals surface area contributed by atoms with E-state index >= 15 is 0 Å². The van der Waals surface area contributed by atoms with Gasteiger partial charge < -0.3 is 19.9 Å². The number of hydrogen-bond acceptors (Lipinski definition) is 4. The molecule has 6 heteroatoms. The lowest BCUT2D eigenvalue weighted by molar-refractivity contribution is -0.139. The molecule has 1 aromatic heterocycles. The molecular formula is C19H18N2O4. The Kier molecular flexibility index (Phi) is 3.62. The molecule has 4 rings (SSSR count). The number of carbonyl (C=O) groups is 1. The molecule has 2 atom stereocenters. The molecule has 0 saturated heterocycles. The van der Waals surface area contributed by atoms with Crippen molar-refractivity contribution in [3.63, 3.8) is 0 Å². The number of ether oxygens (including phenoxy) is 1. The fourth-order valence-electron chi connectivity index (χ4n) is 3.58. The van der Waals surface area contributed by atoms with Crippen molar-refractivity contribution in [2.75, 3.05) is 7.11 Å².